The Kier molecular flexibility index (Phi) is 7.05. The van der Waals surface area contributed by atoms with Crippen molar-refractivity contribution in [2.75, 3.05) is 26.7 Å². The number of nitrogens with one attached hydrogen (secondary N) is 2. The number of guanidine groups is 1. The molecule has 0 fully saturated rings. The van der Waals surface area contributed by atoms with Crippen molar-refractivity contribution in [2.24, 2.45) is 4.99 Å². The maximum Gasteiger partial charge on any atom is 0.242 e. The van der Waals surface area contributed by atoms with Crippen molar-refractivity contribution in [1.82, 2.24) is 15.5 Å². The molecular weight excluding hydrogens is 371 g/mol. The summed E-state index contributed by atoms with van der Waals surface area (Å²) in [5.41, 5.74) is 2.52. The van der Waals surface area contributed by atoms with E-state index in [-0.39, 0.29) is 24.4 Å². The highest BCUT2D eigenvalue weighted by Gasteiger charge is 2.20. The lowest BCUT2D eigenvalue weighted by Crippen LogP contribution is -2.47. The molecule has 0 radical (unpaired) electrons. The maximum atomic E-state index is 13.2. The maximum absolute atomic E-state index is 13.2. The van der Waals surface area contributed by atoms with Crippen molar-refractivity contribution in [3.63, 3.8) is 0 Å². The van der Waals surface area contributed by atoms with E-state index in [0.29, 0.717) is 24.8 Å². The summed E-state index contributed by atoms with van der Waals surface area (Å²) in [6.07, 6.45) is 0.675. The largest absolute Gasteiger partial charge is 0.489 e. The SMILES string of the molecule is CN=C(NCC(=O)N1CCc2ccccc2C1)NCC(C)Oc1cccc(F)c1. The number of hydrogen-bond donors (Lipinski definition) is 2. The van der Waals surface area contributed by atoms with Gasteiger partial charge in [-0.25, -0.2) is 4.39 Å². The van der Waals surface area contributed by atoms with Crippen LogP contribution in [0.15, 0.2) is 53.5 Å². The number of amides is 1. The van der Waals surface area contributed by atoms with Crippen LogP contribution in [0, 0.1) is 5.82 Å². The molecular formula is C22H27FN4O2. The van der Waals surface area contributed by atoms with E-state index in [1.807, 2.05) is 24.0 Å². The molecule has 2 N–H and O–H groups in total. The summed E-state index contributed by atoms with van der Waals surface area (Å²) in [6, 6.07) is 14.3. The molecule has 1 atom stereocenters. The van der Waals surface area contributed by atoms with Crippen LogP contribution in [-0.2, 0) is 17.8 Å². The molecule has 0 aromatic heterocycles. The highest BCUT2D eigenvalue weighted by molar-refractivity contribution is 5.86. The zero-order valence-corrected chi connectivity index (χ0v) is 16.8. The molecule has 7 heteroatoms. The van der Waals surface area contributed by atoms with Gasteiger partial charge in [-0.05, 0) is 36.6 Å². The molecule has 154 valence electrons. The van der Waals surface area contributed by atoms with Gasteiger partial charge in [-0.3, -0.25) is 9.79 Å². The van der Waals surface area contributed by atoms with Crippen molar-refractivity contribution < 1.29 is 13.9 Å². The Hall–Kier alpha value is -3.09. The summed E-state index contributed by atoms with van der Waals surface area (Å²) in [4.78, 5) is 18.6. The van der Waals surface area contributed by atoms with Crippen molar-refractivity contribution in [1.29, 1.82) is 0 Å². The molecule has 1 aliphatic heterocycles. The summed E-state index contributed by atoms with van der Waals surface area (Å²) in [5.74, 6) is 0.693. The van der Waals surface area contributed by atoms with Gasteiger partial charge in [0.25, 0.3) is 0 Å². The van der Waals surface area contributed by atoms with Crippen molar-refractivity contribution in [3.8, 4) is 5.75 Å². The third kappa shape index (κ3) is 5.94. The molecule has 6 nitrogen and oxygen atoms in total. The molecule has 1 amide bonds. The number of nitrogens with zero attached hydrogens (tertiary/aromatic N) is 2. The number of fused-ring (bicyclic) bond motifs is 1. The smallest absolute Gasteiger partial charge is 0.242 e. The number of carbonyl (C=O) groups excluding carboxylic acids is 1. The first-order chi connectivity index (χ1) is 14.0. The Bertz CT molecular complexity index is 871. The predicted octanol–water partition coefficient (Wildman–Crippen LogP) is 2.34. The van der Waals surface area contributed by atoms with Gasteiger partial charge in [0.15, 0.2) is 5.96 Å². The van der Waals surface area contributed by atoms with Gasteiger partial charge in [-0.1, -0.05) is 30.3 Å². The van der Waals surface area contributed by atoms with Crippen LogP contribution < -0.4 is 15.4 Å². The molecule has 1 aliphatic rings. The van der Waals surface area contributed by atoms with Gasteiger partial charge in [-0.2, -0.15) is 0 Å². The van der Waals surface area contributed by atoms with E-state index in [0.717, 1.165) is 13.0 Å². The Morgan fingerprint density at radius 3 is 2.76 bits per heavy atom. The average Bonchev–Trinajstić information content (AvgIpc) is 2.73. The van der Waals surface area contributed by atoms with Crippen LogP contribution in [0.5, 0.6) is 5.75 Å². The van der Waals surface area contributed by atoms with E-state index in [4.69, 9.17) is 4.74 Å². The van der Waals surface area contributed by atoms with Gasteiger partial charge in [-0.15, -0.1) is 0 Å². The first kappa shape index (κ1) is 20.6. The third-order valence-corrected chi connectivity index (χ3v) is 4.80. The molecule has 0 saturated carbocycles. The number of hydrogen-bond acceptors (Lipinski definition) is 3. The lowest BCUT2D eigenvalue weighted by molar-refractivity contribution is -0.130. The van der Waals surface area contributed by atoms with Crippen LogP contribution in [0.25, 0.3) is 0 Å². The molecule has 3 rings (SSSR count). The van der Waals surface area contributed by atoms with Crippen LogP contribution in [-0.4, -0.2) is 49.6 Å². The first-order valence-corrected chi connectivity index (χ1v) is 9.76. The van der Waals surface area contributed by atoms with E-state index in [9.17, 15) is 9.18 Å². The number of carbonyl (C=O) groups is 1. The van der Waals surface area contributed by atoms with Gasteiger partial charge < -0.3 is 20.3 Å². The number of rotatable bonds is 6. The second-order valence-corrected chi connectivity index (χ2v) is 7.03. The molecule has 1 heterocycles. The quantitative estimate of drug-likeness (QED) is 0.579. The Morgan fingerprint density at radius 2 is 2.00 bits per heavy atom. The van der Waals surface area contributed by atoms with E-state index >= 15 is 0 Å². The fourth-order valence-corrected chi connectivity index (χ4v) is 3.26. The summed E-state index contributed by atoms with van der Waals surface area (Å²) < 4.78 is 18.9. The predicted molar refractivity (Wildman–Crippen MR) is 111 cm³/mol. The number of halogens is 1. The second-order valence-electron chi connectivity index (χ2n) is 7.03. The lowest BCUT2D eigenvalue weighted by Gasteiger charge is -2.29. The van der Waals surface area contributed by atoms with Gasteiger partial charge >= 0.3 is 0 Å². The van der Waals surface area contributed by atoms with Gasteiger partial charge in [0.2, 0.25) is 5.91 Å². The summed E-state index contributed by atoms with van der Waals surface area (Å²) in [6.45, 7) is 3.87. The standard InChI is InChI=1S/C22H27FN4O2/c1-16(29-20-9-5-8-19(23)12-20)13-25-22(24-2)26-14-21(28)27-11-10-17-6-3-4-7-18(17)15-27/h3-9,12,16H,10-11,13-15H2,1-2H3,(H2,24,25,26). The first-order valence-electron chi connectivity index (χ1n) is 9.76. The molecule has 2 aromatic carbocycles. The van der Waals surface area contributed by atoms with Gasteiger partial charge in [0, 0.05) is 26.2 Å². The van der Waals surface area contributed by atoms with Gasteiger partial charge in [0.1, 0.15) is 17.7 Å². The molecule has 0 spiro atoms. The summed E-state index contributed by atoms with van der Waals surface area (Å²) in [5, 5.41) is 6.18. The fraction of sp³-hybridized carbons (Fsp3) is 0.364. The van der Waals surface area contributed by atoms with Crippen LogP contribution in [0.2, 0.25) is 0 Å². The third-order valence-electron chi connectivity index (χ3n) is 4.80. The molecule has 2 aromatic rings. The van der Waals surface area contributed by atoms with Crippen molar-refractivity contribution >= 4 is 11.9 Å². The minimum Gasteiger partial charge on any atom is -0.489 e. The van der Waals surface area contributed by atoms with Crippen molar-refractivity contribution in [3.05, 3.63) is 65.5 Å². The number of aliphatic imine (C=N–C) groups is 1. The second kappa shape index (κ2) is 9.91. The number of ether oxygens (including phenoxy) is 1. The zero-order chi connectivity index (χ0) is 20.6. The van der Waals surface area contributed by atoms with Crippen LogP contribution in [0.1, 0.15) is 18.1 Å². The molecule has 0 bridgehead atoms. The molecule has 0 aliphatic carbocycles. The van der Waals surface area contributed by atoms with Gasteiger partial charge in [0.05, 0.1) is 13.1 Å². The number of benzene rings is 2. The van der Waals surface area contributed by atoms with Crippen molar-refractivity contribution in [2.45, 2.75) is 26.0 Å². The monoisotopic (exact) mass is 398 g/mol. The minimum absolute atomic E-state index is 0.0338. The summed E-state index contributed by atoms with van der Waals surface area (Å²) >= 11 is 0. The van der Waals surface area contributed by atoms with Crippen LogP contribution in [0.4, 0.5) is 4.39 Å². The topological polar surface area (TPSA) is 66.0 Å². The fourth-order valence-electron chi connectivity index (χ4n) is 3.26. The van der Waals surface area contributed by atoms with E-state index in [1.165, 1.54) is 23.3 Å². The normalized spacial score (nSPS) is 14.7. The molecule has 29 heavy (non-hydrogen) atoms. The van der Waals surface area contributed by atoms with E-state index in [1.54, 1.807) is 19.2 Å². The highest BCUT2D eigenvalue weighted by atomic mass is 19.1. The van der Waals surface area contributed by atoms with E-state index in [2.05, 4.69) is 27.8 Å². The lowest BCUT2D eigenvalue weighted by atomic mass is 10.00. The average molecular weight is 398 g/mol. The Labute approximate surface area is 170 Å². The molecule has 0 saturated heterocycles. The summed E-state index contributed by atoms with van der Waals surface area (Å²) in [7, 11) is 1.65. The van der Waals surface area contributed by atoms with Crippen LogP contribution in [0.3, 0.4) is 0 Å². The van der Waals surface area contributed by atoms with E-state index < -0.39 is 0 Å². The highest BCUT2D eigenvalue weighted by Crippen LogP contribution is 2.18. The molecule has 1 unspecified atom stereocenters. The minimum atomic E-state index is -0.334. The Morgan fingerprint density at radius 1 is 1.21 bits per heavy atom. The Balaban J connectivity index is 1.42. The van der Waals surface area contributed by atoms with Crippen LogP contribution >= 0.6 is 0 Å². The zero-order valence-electron chi connectivity index (χ0n) is 16.8.